The van der Waals surface area contributed by atoms with E-state index in [0.29, 0.717) is 28.2 Å². The molecule has 2 atom stereocenters. The van der Waals surface area contributed by atoms with E-state index < -0.39 is 0 Å². The van der Waals surface area contributed by atoms with E-state index in [0.717, 1.165) is 6.42 Å². The molecule has 1 aromatic carbocycles. The first-order valence-corrected chi connectivity index (χ1v) is 5.31. The number of halogens is 1. The third-order valence-electron chi connectivity index (χ3n) is 2.61. The van der Waals surface area contributed by atoms with Crippen LogP contribution in [0.5, 0.6) is 0 Å². The highest BCUT2D eigenvalue weighted by Gasteiger charge is 2.33. The number of amides is 1. The van der Waals surface area contributed by atoms with Crippen molar-refractivity contribution in [3.63, 3.8) is 0 Å². The molecule has 0 saturated heterocycles. The number of benzene rings is 1. The summed E-state index contributed by atoms with van der Waals surface area (Å²) in [5.41, 5.74) is 6.64. The molecule has 2 unspecified atom stereocenters. The molecular weight excluding hydrogens is 212 g/mol. The van der Waals surface area contributed by atoms with E-state index in [-0.39, 0.29) is 5.91 Å². The summed E-state index contributed by atoms with van der Waals surface area (Å²) < 4.78 is 0. The number of rotatable bonds is 2. The molecule has 3 nitrogen and oxygen atoms in total. The van der Waals surface area contributed by atoms with Gasteiger partial charge in [0.1, 0.15) is 0 Å². The molecular formula is C11H13ClN2O. The van der Waals surface area contributed by atoms with E-state index >= 15 is 0 Å². The smallest absolute Gasteiger partial charge is 0.251 e. The molecule has 2 rings (SSSR count). The van der Waals surface area contributed by atoms with Crippen LogP contribution < -0.4 is 11.1 Å². The zero-order valence-electron chi connectivity index (χ0n) is 8.46. The van der Waals surface area contributed by atoms with Crippen molar-refractivity contribution < 1.29 is 4.79 Å². The maximum Gasteiger partial charge on any atom is 0.251 e. The molecule has 0 radical (unpaired) electrons. The highest BCUT2D eigenvalue weighted by Crippen LogP contribution is 2.29. The van der Waals surface area contributed by atoms with E-state index in [4.69, 9.17) is 17.3 Å². The van der Waals surface area contributed by atoms with Crippen LogP contribution in [0.25, 0.3) is 0 Å². The van der Waals surface area contributed by atoms with Crippen molar-refractivity contribution in [2.45, 2.75) is 19.4 Å². The van der Waals surface area contributed by atoms with Crippen molar-refractivity contribution in [2.24, 2.45) is 5.92 Å². The number of anilines is 1. The molecule has 0 heterocycles. The molecule has 1 aromatic rings. The summed E-state index contributed by atoms with van der Waals surface area (Å²) in [4.78, 5) is 11.7. The first-order chi connectivity index (χ1) is 7.06. The minimum absolute atomic E-state index is 0.0986. The average Bonchev–Trinajstić information content (AvgIpc) is 2.79. The van der Waals surface area contributed by atoms with Gasteiger partial charge in [0.2, 0.25) is 0 Å². The van der Waals surface area contributed by atoms with Gasteiger partial charge >= 0.3 is 0 Å². The summed E-state index contributed by atoms with van der Waals surface area (Å²) in [5, 5.41) is 3.41. The van der Waals surface area contributed by atoms with Crippen molar-refractivity contribution in [3.05, 3.63) is 28.8 Å². The number of carbonyl (C=O) groups excluding carboxylic acids is 1. The SMILES string of the molecule is CC1CC1NC(=O)c1cc(N)cc(Cl)c1. The number of nitrogens with two attached hydrogens (primary N) is 1. The van der Waals surface area contributed by atoms with Crippen LogP contribution in [-0.2, 0) is 0 Å². The van der Waals surface area contributed by atoms with Gasteiger partial charge in [-0.05, 0) is 30.5 Å². The predicted octanol–water partition coefficient (Wildman–Crippen LogP) is 2.06. The largest absolute Gasteiger partial charge is 0.399 e. The highest BCUT2D eigenvalue weighted by molar-refractivity contribution is 6.31. The van der Waals surface area contributed by atoms with Gasteiger partial charge in [-0.15, -0.1) is 0 Å². The molecule has 4 heteroatoms. The second-order valence-electron chi connectivity index (χ2n) is 4.07. The van der Waals surface area contributed by atoms with Crippen LogP contribution in [0.1, 0.15) is 23.7 Å². The first kappa shape index (κ1) is 10.3. The third kappa shape index (κ3) is 2.42. The lowest BCUT2D eigenvalue weighted by Gasteiger charge is -2.05. The molecule has 15 heavy (non-hydrogen) atoms. The van der Waals surface area contributed by atoms with Gasteiger partial charge in [0.15, 0.2) is 0 Å². The predicted molar refractivity (Wildman–Crippen MR) is 60.9 cm³/mol. The Hall–Kier alpha value is -1.22. The van der Waals surface area contributed by atoms with Crippen LogP contribution in [-0.4, -0.2) is 11.9 Å². The van der Waals surface area contributed by atoms with Gasteiger partial charge < -0.3 is 11.1 Å². The van der Waals surface area contributed by atoms with E-state index in [9.17, 15) is 4.79 Å². The van der Waals surface area contributed by atoms with Gasteiger partial charge in [-0.25, -0.2) is 0 Å². The second-order valence-corrected chi connectivity index (χ2v) is 4.50. The van der Waals surface area contributed by atoms with E-state index in [1.807, 2.05) is 0 Å². The van der Waals surface area contributed by atoms with Crippen molar-refractivity contribution >= 4 is 23.2 Å². The van der Waals surface area contributed by atoms with Gasteiger partial charge in [-0.2, -0.15) is 0 Å². The lowest BCUT2D eigenvalue weighted by atomic mass is 10.2. The quantitative estimate of drug-likeness (QED) is 0.756. The zero-order chi connectivity index (χ0) is 11.0. The first-order valence-electron chi connectivity index (χ1n) is 4.93. The molecule has 1 saturated carbocycles. The zero-order valence-corrected chi connectivity index (χ0v) is 9.21. The Labute approximate surface area is 93.6 Å². The highest BCUT2D eigenvalue weighted by atomic mass is 35.5. The number of nitrogens with one attached hydrogen (secondary N) is 1. The fourth-order valence-corrected chi connectivity index (χ4v) is 1.76. The lowest BCUT2D eigenvalue weighted by molar-refractivity contribution is 0.0949. The number of nitrogen functional groups attached to an aromatic ring is 1. The summed E-state index contributed by atoms with van der Waals surface area (Å²) in [6.07, 6.45) is 1.06. The standard InChI is InChI=1S/C11H13ClN2O/c1-6-2-10(6)14-11(15)7-3-8(12)5-9(13)4-7/h3-6,10H,2,13H2,1H3,(H,14,15). The molecule has 1 aliphatic carbocycles. The Balaban J connectivity index is 2.11. The fourth-order valence-electron chi connectivity index (χ4n) is 1.52. The van der Waals surface area contributed by atoms with Crippen LogP contribution in [0.3, 0.4) is 0 Å². The Morgan fingerprint density at radius 1 is 1.53 bits per heavy atom. The summed E-state index contributed by atoms with van der Waals surface area (Å²) in [7, 11) is 0. The fraction of sp³-hybridized carbons (Fsp3) is 0.364. The molecule has 1 amide bonds. The molecule has 1 fully saturated rings. The molecule has 1 aliphatic rings. The molecule has 0 spiro atoms. The van der Waals surface area contributed by atoms with E-state index in [1.54, 1.807) is 18.2 Å². The monoisotopic (exact) mass is 224 g/mol. The average molecular weight is 225 g/mol. The van der Waals surface area contributed by atoms with Gasteiger partial charge in [0.05, 0.1) is 0 Å². The number of hydrogen-bond donors (Lipinski definition) is 2. The van der Waals surface area contributed by atoms with Crippen LogP contribution in [0, 0.1) is 5.92 Å². The van der Waals surface area contributed by atoms with E-state index in [2.05, 4.69) is 12.2 Å². The maximum absolute atomic E-state index is 11.7. The summed E-state index contributed by atoms with van der Waals surface area (Å²) in [5.74, 6) is 0.490. The lowest BCUT2D eigenvalue weighted by Crippen LogP contribution is -2.26. The third-order valence-corrected chi connectivity index (χ3v) is 2.83. The Kier molecular flexibility index (Phi) is 2.57. The van der Waals surface area contributed by atoms with Gasteiger partial charge in [0.25, 0.3) is 5.91 Å². The van der Waals surface area contributed by atoms with Crippen molar-refractivity contribution in [1.82, 2.24) is 5.32 Å². The minimum Gasteiger partial charge on any atom is -0.399 e. The van der Waals surface area contributed by atoms with Crippen LogP contribution in [0.2, 0.25) is 5.02 Å². The second kappa shape index (κ2) is 3.74. The molecule has 3 N–H and O–H groups in total. The topological polar surface area (TPSA) is 55.1 Å². The number of carbonyl (C=O) groups is 1. The molecule has 0 aromatic heterocycles. The van der Waals surface area contributed by atoms with Gasteiger partial charge in [0, 0.05) is 22.3 Å². The van der Waals surface area contributed by atoms with Crippen molar-refractivity contribution in [2.75, 3.05) is 5.73 Å². The van der Waals surface area contributed by atoms with Crippen molar-refractivity contribution in [3.8, 4) is 0 Å². The maximum atomic E-state index is 11.7. The summed E-state index contributed by atoms with van der Waals surface area (Å²) in [6.45, 7) is 2.11. The molecule has 0 aliphatic heterocycles. The van der Waals surface area contributed by atoms with Crippen LogP contribution >= 0.6 is 11.6 Å². The van der Waals surface area contributed by atoms with Gasteiger partial charge in [-0.3, -0.25) is 4.79 Å². The Bertz CT molecular complexity index is 385. The number of hydrogen-bond acceptors (Lipinski definition) is 2. The Morgan fingerprint density at radius 3 is 2.73 bits per heavy atom. The minimum atomic E-state index is -0.0986. The van der Waals surface area contributed by atoms with E-state index in [1.165, 1.54) is 0 Å². The summed E-state index contributed by atoms with van der Waals surface area (Å²) >= 11 is 5.82. The van der Waals surface area contributed by atoms with Gasteiger partial charge in [-0.1, -0.05) is 18.5 Å². The molecule has 80 valence electrons. The van der Waals surface area contributed by atoms with Crippen molar-refractivity contribution in [1.29, 1.82) is 0 Å². The molecule has 0 bridgehead atoms. The van der Waals surface area contributed by atoms with Crippen LogP contribution in [0.4, 0.5) is 5.69 Å². The summed E-state index contributed by atoms with van der Waals surface area (Å²) in [6, 6.07) is 5.20. The van der Waals surface area contributed by atoms with Crippen LogP contribution in [0.15, 0.2) is 18.2 Å². The normalized spacial score (nSPS) is 23.6. The Morgan fingerprint density at radius 2 is 2.20 bits per heavy atom.